The van der Waals surface area contributed by atoms with Crippen molar-refractivity contribution < 1.29 is 9.53 Å². The maximum Gasteiger partial charge on any atom is 0.326 e. The molecule has 0 fully saturated rings. The average molecular weight is 367 g/mol. The number of unbranched alkanes of at least 4 members (excludes halogenated alkanes) is 1. The Labute approximate surface area is 158 Å². The molecule has 0 aliphatic rings. The van der Waals surface area contributed by atoms with E-state index in [9.17, 15) is 9.59 Å². The first-order valence-corrected chi connectivity index (χ1v) is 9.24. The fraction of sp³-hybridized carbons (Fsp3) is 0.333. The zero-order valence-electron chi connectivity index (χ0n) is 15.5. The average Bonchev–Trinajstić information content (AvgIpc) is 3.01. The van der Waals surface area contributed by atoms with Gasteiger partial charge in [-0.1, -0.05) is 24.3 Å². The van der Waals surface area contributed by atoms with Crippen LogP contribution in [-0.4, -0.2) is 29.1 Å². The van der Waals surface area contributed by atoms with Gasteiger partial charge in [-0.15, -0.1) is 0 Å². The summed E-state index contributed by atoms with van der Waals surface area (Å²) in [6.07, 6.45) is 3.24. The van der Waals surface area contributed by atoms with Gasteiger partial charge < -0.3 is 15.0 Å². The Morgan fingerprint density at radius 1 is 1.11 bits per heavy atom. The van der Waals surface area contributed by atoms with Gasteiger partial charge in [-0.2, -0.15) is 0 Å². The Balaban J connectivity index is 1.37. The summed E-state index contributed by atoms with van der Waals surface area (Å²) in [5, 5.41) is 2.90. The van der Waals surface area contributed by atoms with E-state index in [1.165, 1.54) is 5.56 Å². The van der Waals surface area contributed by atoms with Crippen molar-refractivity contribution in [3.63, 3.8) is 0 Å². The Morgan fingerprint density at radius 3 is 2.67 bits per heavy atom. The molecule has 0 bridgehead atoms. The quantitative estimate of drug-likeness (QED) is 0.571. The van der Waals surface area contributed by atoms with Crippen LogP contribution < -0.4 is 15.7 Å². The summed E-state index contributed by atoms with van der Waals surface area (Å²) in [4.78, 5) is 26.8. The predicted octanol–water partition coefficient (Wildman–Crippen LogP) is 2.87. The van der Waals surface area contributed by atoms with E-state index in [2.05, 4.69) is 22.4 Å². The van der Waals surface area contributed by atoms with Gasteiger partial charge in [0.2, 0.25) is 5.91 Å². The van der Waals surface area contributed by atoms with Crippen molar-refractivity contribution in [1.82, 2.24) is 14.9 Å². The lowest BCUT2D eigenvalue weighted by Gasteiger charge is -2.07. The summed E-state index contributed by atoms with van der Waals surface area (Å²) in [5.74, 6) is 0.880. The molecule has 0 unspecified atom stereocenters. The first-order valence-electron chi connectivity index (χ1n) is 9.24. The third kappa shape index (κ3) is 5.00. The van der Waals surface area contributed by atoms with Crippen LogP contribution in [0, 0.1) is 0 Å². The lowest BCUT2D eigenvalue weighted by atomic mass is 10.1. The number of imidazole rings is 1. The van der Waals surface area contributed by atoms with E-state index in [-0.39, 0.29) is 11.6 Å². The molecule has 2 aromatic carbocycles. The third-order valence-corrected chi connectivity index (χ3v) is 4.62. The Morgan fingerprint density at radius 2 is 1.89 bits per heavy atom. The zero-order chi connectivity index (χ0) is 19.1. The third-order valence-electron chi connectivity index (χ3n) is 4.62. The minimum atomic E-state index is -0.148. The molecule has 0 radical (unpaired) electrons. The van der Waals surface area contributed by atoms with Gasteiger partial charge in [0, 0.05) is 19.5 Å². The van der Waals surface area contributed by atoms with E-state index in [0.717, 1.165) is 36.0 Å². The fourth-order valence-electron chi connectivity index (χ4n) is 3.13. The fourth-order valence-corrected chi connectivity index (χ4v) is 3.13. The number of carbonyl (C=O) groups excluding carboxylic acids is 1. The molecule has 0 atom stereocenters. The Kier molecular flexibility index (Phi) is 6.30. The highest BCUT2D eigenvalue weighted by atomic mass is 16.5. The number of nitrogens with zero attached hydrogens (tertiary/aromatic N) is 1. The van der Waals surface area contributed by atoms with Crippen LogP contribution in [0.5, 0.6) is 5.75 Å². The Hall–Kier alpha value is -3.02. The second kappa shape index (κ2) is 9.07. The van der Waals surface area contributed by atoms with Crippen LogP contribution in [0.4, 0.5) is 0 Å². The lowest BCUT2D eigenvalue weighted by Crippen LogP contribution is -2.29. The first-order chi connectivity index (χ1) is 13.2. The van der Waals surface area contributed by atoms with Gasteiger partial charge in [0.15, 0.2) is 0 Å². The van der Waals surface area contributed by atoms with Crippen molar-refractivity contribution in [3.8, 4) is 5.75 Å². The van der Waals surface area contributed by atoms with Crippen molar-refractivity contribution in [2.45, 2.75) is 32.2 Å². The number of hydrogen-bond donors (Lipinski definition) is 2. The van der Waals surface area contributed by atoms with Crippen LogP contribution in [-0.2, 0) is 17.8 Å². The first kappa shape index (κ1) is 18.8. The maximum atomic E-state index is 12.0. The number of amides is 1. The highest BCUT2D eigenvalue weighted by Crippen LogP contribution is 2.13. The van der Waals surface area contributed by atoms with Crippen LogP contribution >= 0.6 is 0 Å². The molecule has 3 aromatic rings. The van der Waals surface area contributed by atoms with Crippen molar-refractivity contribution in [1.29, 1.82) is 0 Å². The number of ether oxygens (including phenoxy) is 1. The van der Waals surface area contributed by atoms with Crippen LogP contribution in [0.25, 0.3) is 11.0 Å². The highest BCUT2D eigenvalue weighted by molar-refractivity contribution is 5.76. The lowest BCUT2D eigenvalue weighted by molar-refractivity contribution is -0.121. The van der Waals surface area contributed by atoms with Gasteiger partial charge in [-0.3, -0.25) is 9.36 Å². The van der Waals surface area contributed by atoms with E-state index in [1.807, 2.05) is 36.4 Å². The largest absolute Gasteiger partial charge is 0.497 e. The molecule has 27 heavy (non-hydrogen) atoms. The molecule has 0 saturated carbocycles. The van der Waals surface area contributed by atoms with E-state index in [1.54, 1.807) is 11.7 Å². The van der Waals surface area contributed by atoms with Crippen LogP contribution in [0.1, 0.15) is 24.8 Å². The van der Waals surface area contributed by atoms with E-state index in [4.69, 9.17) is 4.74 Å². The number of hydrogen-bond acceptors (Lipinski definition) is 3. The zero-order valence-corrected chi connectivity index (χ0v) is 15.5. The number of para-hydroxylation sites is 2. The van der Waals surface area contributed by atoms with Gasteiger partial charge in [0.25, 0.3) is 0 Å². The molecule has 0 aliphatic carbocycles. The molecule has 2 N–H and O–H groups in total. The molecule has 3 rings (SSSR count). The molecule has 1 heterocycles. The van der Waals surface area contributed by atoms with Gasteiger partial charge in [0.05, 0.1) is 18.1 Å². The van der Waals surface area contributed by atoms with Crippen LogP contribution in [0.15, 0.2) is 53.3 Å². The van der Waals surface area contributed by atoms with Gasteiger partial charge in [0.1, 0.15) is 5.75 Å². The van der Waals surface area contributed by atoms with Crippen molar-refractivity contribution in [3.05, 3.63) is 64.6 Å². The van der Waals surface area contributed by atoms with Crippen molar-refractivity contribution in [2.24, 2.45) is 0 Å². The molecule has 0 aliphatic heterocycles. The smallest absolute Gasteiger partial charge is 0.326 e. The molecule has 0 spiro atoms. The standard InChI is InChI=1S/C21H25N3O3/c1-27-17-12-10-16(11-13-17)6-2-5-9-20(25)22-14-15-24-19-8-4-3-7-18(19)23-21(24)26/h3-4,7-8,10-13H,2,5-6,9,14-15H2,1H3,(H,22,25)(H,23,26). The molecule has 0 saturated heterocycles. The van der Waals surface area contributed by atoms with Gasteiger partial charge in [-0.05, 0) is 49.1 Å². The minimum absolute atomic E-state index is 0.0256. The SMILES string of the molecule is COc1ccc(CCCCC(=O)NCCn2c(=O)[nH]c3ccccc32)cc1. The number of H-pyrrole nitrogens is 1. The second-order valence-electron chi connectivity index (χ2n) is 6.50. The number of aryl methyl sites for hydroxylation is 1. The monoisotopic (exact) mass is 367 g/mol. The summed E-state index contributed by atoms with van der Waals surface area (Å²) in [7, 11) is 1.66. The van der Waals surface area contributed by atoms with Gasteiger partial charge in [-0.25, -0.2) is 4.79 Å². The number of methoxy groups -OCH3 is 1. The highest BCUT2D eigenvalue weighted by Gasteiger charge is 2.06. The molecular formula is C21H25N3O3. The molecule has 1 aromatic heterocycles. The summed E-state index contributed by atoms with van der Waals surface area (Å²) in [6.45, 7) is 0.902. The normalized spacial score (nSPS) is 10.9. The summed E-state index contributed by atoms with van der Waals surface area (Å²) >= 11 is 0. The topological polar surface area (TPSA) is 76.1 Å². The number of nitrogens with one attached hydrogen (secondary N) is 2. The van der Waals surface area contributed by atoms with Crippen LogP contribution in [0.2, 0.25) is 0 Å². The number of aromatic amines is 1. The molecule has 6 nitrogen and oxygen atoms in total. The van der Waals surface area contributed by atoms with Crippen LogP contribution in [0.3, 0.4) is 0 Å². The number of rotatable bonds is 9. The number of benzene rings is 2. The number of aromatic nitrogens is 2. The van der Waals surface area contributed by atoms with Gasteiger partial charge >= 0.3 is 5.69 Å². The van der Waals surface area contributed by atoms with E-state index >= 15 is 0 Å². The van der Waals surface area contributed by atoms with Crippen molar-refractivity contribution in [2.75, 3.05) is 13.7 Å². The van der Waals surface area contributed by atoms with E-state index < -0.39 is 0 Å². The number of fused-ring (bicyclic) bond motifs is 1. The molecule has 142 valence electrons. The summed E-state index contributed by atoms with van der Waals surface area (Å²) < 4.78 is 6.80. The second-order valence-corrected chi connectivity index (χ2v) is 6.50. The molecular weight excluding hydrogens is 342 g/mol. The summed E-state index contributed by atoms with van der Waals surface area (Å²) in [6, 6.07) is 15.6. The minimum Gasteiger partial charge on any atom is -0.497 e. The molecule has 1 amide bonds. The maximum absolute atomic E-state index is 12.0. The Bertz CT molecular complexity index is 941. The number of carbonyl (C=O) groups is 1. The predicted molar refractivity (Wildman–Crippen MR) is 106 cm³/mol. The molecule has 6 heteroatoms. The van der Waals surface area contributed by atoms with Crippen molar-refractivity contribution >= 4 is 16.9 Å². The van der Waals surface area contributed by atoms with E-state index in [0.29, 0.717) is 19.5 Å². The summed E-state index contributed by atoms with van der Waals surface area (Å²) in [5.41, 5.74) is 2.77.